The first-order valence-corrected chi connectivity index (χ1v) is 5.62. The first-order chi connectivity index (χ1) is 8.58. The highest BCUT2D eigenvalue weighted by atomic mass is 35.5. The maximum absolute atomic E-state index is 13.1. The summed E-state index contributed by atoms with van der Waals surface area (Å²) in [6, 6.07) is 6.14. The first-order valence-electron chi connectivity index (χ1n) is 5.25. The smallest absolute Gasteiger partial charge is 0.193 e. The van der Waals surface area contributed by atoms with Gasteiger partial charge in [-0.25, -0.2) is 14.2 Å². The highest BCUT2D eigenvalue weighted by Gasteiger charge is 2.15. The van der Waals surface area contributed by atoms with E-state index in [1.165, 1.54) is 12.1 Å². The predicted molar refractivity (Wildman–Crippen MR) is 63.8 cm³/mol. The molecule has 1 aromatic heterocycles. The topological polar surface area (TPSA) is 51.2 Å². The van der Waals surface area contributed by atoms with Gasteiger partial charge in [-0.3, -0.25) is 5.84 Å². The molecule has 0 aliphatic rings. The number of halogens is 3. The molecule has 3 nitrogen and oxygen atoms in total. The zero-order valence-corrected chi connectivity index (χ0v) is 10.0. The van der Waals surface area contributed by atoms with Gasteiger partial charge >= 0.3 is 0 Å². The third-order valence-electron chi connectivity index (χ3n) is 2.50. The molecule has 0 saturated heterocycles. The van der Waals surface area contributed by atoms with Crippen molar-refractivity contribution in [2.24, 2.45) is 5.84 Å². The summed E-state index contributed by atoms with van der Waals surface area (Å²) in [5.74, 6) is 4.65. The summed E-state index contributed by atoms with van der Waals surface area (Å²) in [6.45, 7) is 0. The van der Waals surface area contributed by atoms with Crippen LogP contribution in [0.5, 0.6) is 0 Å². The SMILES string of the molecule is NNC(Cc1cc(F)cc(F)c1)c1ccc(Cl)o1. The van der Waals surface area contributed by atoms with Crippen LogP contribution in [0.25, 0.3) is 0 Å². The van der Waals surface area contributed by atoms with E-state index in [9.17, 15) is 8.78 Å². The average molecular weight is 273 g/mol. The third kappa shape index (κ3) is 3.07. The van der Waals surface area contributed by atoms with Crippen LogP contribution in [0.15, 0.2) is 34.7 Å². The molecule has 1 unspecified atom stereocenters. The fraction of sp³-hybridized carbons (Fsp3) is 0.167. The Morgan fingerprint density at radius 2 is 1.89 bits per heavy atom. The minimum atomic E-state index is -0.627. The Bertz CT molecular complexity index is 524. The van der Waals surface area contributed by atoms with Crippen molar-refractivity contribution in [2.75, 3.05) is 0 Å². The van der Waals surface area contributed by atoms with Crippen molar-refractivity contribution in [3.05, 3.63) is 58.5 Å². The van der Waals surface area contributed by atoms with Gasteiger partial charge < -0.3 is 4.42 Å². The number of nitrogens with one attached hydrogen (secondary N) is 1. The number of hydrogen-bond donors (Lipinski definition) is 2. The van der Waals surface area contributed by atoms with Crippen molar-refractivity contribution in [1.82, 2.24) is 5.43 Å². The molecule has 0 fully saturated rings. The summed E-state index contributed by atoms with van der Waals surface area (Å²) in [7, 11) is 0. The number of hydrazine groups is 1. The average Bonchev–Trinajstić information content (AvgIpc) is 2.71. The largest absolute Gasteiger partial charge is 0.448 e. The van der Waals surface area contributed by atoms with E-state index >= 15 is 0 Å². The fourth-order valence-corrected chi connectivity index (χ4v) is 1.87. The van der Waals surface area contributed by atoms with Crippen LogP contribution in [0.4, 0.5) is 8.78 Å². The lowest BCUT2D eigenvalue weighted by atomic mass is 10.0. The van der Waals surface area contributed by atoms with Gasteiger partial charge in [0, 0.05) is 6.07 Å². The zero-order chi connectivity index (χ0) is 13.1. The Morgan fingerprint density at radius 1 is 1.22 bits per heavy atom. The molecule has 1 aromatic carbocycles. The number of furan rings is 1. The molecule has 0 aliphatic carbocycles. The van der Waals surface area contributed by atoms with Gasteiger partial charge in [0.25, 0.3) is 0 Å². The van der Waals surface area contributed by atoms with Crippen LogP contribution in [0.3, 0.4) is 0 Å². The zero-order valence-electron chi connectivity index (χ0n) is 9.29. The van der Waals surface area contributed by atoms with Crippen molar-refractivity contribution >= 4 is 11.6 Å². The van der Waals surface area contributed by atoms with Crippen LogP contribution >= 0.6 is 11.6 Å². The van der Waals surface area contributed by atoms with Crippen molar-refractivity contribution in [2.45, 2.75) is 12.5 Å². The van der Waals surface area contributed by atoms with E-state index < -0.39 is 17.7 Å². The van der Waals surface area contributed by atoms with Gasteiger partial charge in [-0.1, -0.05) is 0 Å². The van der Waals surface area contributed by atoms with Crippen molar-refractivity contribution in [1.29, 1.82) is 0 Å². The molecule has 0 amide bonds. The standard InChI is InChI=1S/C12H11ClF2N2O/c13-12-2-1-11(18-12)10(17-16)5-7-3-8(14)6-9(15)4-7/h1-4,6,10,17H,5,16H2. The summed E-state index contributed by atoms with van der Waals surface area (Å²) in [5.41, 5.74) is 3.00. The molecule has 0 bridgehead atoms. The van der Waals surface area contributed by atoms with Crippen LogP contribution in [0.2, 0.25) is 5.22 Å². The van der Waals surface area contributed by atoms with Crippen LogP contribution < -0.4 is 11.3 Å². The van der Waals surface area contributed by atoms with E-state index in [0.717, 1.165) is 6.07 Å². The van der Waals surface area contributed by atoms with E-state index in [-0.39, 0.29) is 11.6 Å². The molecule has 0 saturated carbocycles. The molecule has 2 aromatic rings. The second-order valence-electron chi connectivity index (χ2n) is 3.84. The number of rotatable bonds is 4. The molecule has 6 heteroatoms. The summed E-state index contributed by atoms with van der Waals surface area (Å²) in [4.78, 5) is 0. The monoisotopic (exact) mass is 272 g/mol. The third-order valence-corrected chi connectivity index (χ3v) is 2.70. The van der Waals surface area contributed by atoms with Crippen LogP contribution in [0.1, 0.15) is 17.4 Å². The summed E-state index contributed by atoms with van der Waals surface area (Å²) in [6.07, 6.45) is 0.287. The molecule has 1 atom stereocenters. The molecule has 0 spiro atoms. The lowest BCUT2D eigenvalue weighted by molar-refractivity contribution is 0.416. The van der Waals surface area contributed by atoms with Crippen molar-refractivity contribution in [3.63, 3.8) is 0 Å². The van der Waals surface area contributed by atoms with Gasteiger partial charge in [-0.2, -0.15) is 0 Å². The molecule has 0 radical (unpaired) electrons. The molecular formula is C12H11ClF2N2O. The van der Waals surface area contributed by atoms with Gasteiger partial charge in [-0.15, -0.1) is 0 Å². The van der Waals surface area contributed by atoms with Gasteiger partial charge in [0.2, 0.25) is 0 Å². The summed E-state index contributed by atoms with van der Waals surface area (Å²) < 4.78 is 31.3. The normalized spacial score (nSPS) is 12.7. The Hall–Kier alpha value is -1.43. The molecule has 1 heterocycles. The van der Waals surface area contributed by atoms with Crippen LogP contribution in [-0.4, -0.2) is 0 Å². The Morgan fingerprint density at radius 3 is 2.39 bits per heavy atom. The van der Waals surface area contributed by atoms with Crippen LogP contribution in [0, 0.1) is 11.6 Å². The second kappa shape index (κ2) is 5.48. The lowest BCUT2D eigenvalue weighted by Gasteiger charge is -2.13. The van der Waals surface area contributed by atoms with Crippen molar-refractivity contribution < 1.29 is 13.2 Å². The maximum atomic E-state index is 13.1. The molecule has 2 rings (SSSR count). The predicted octanol–water partition coefficient (Wildman–Crippen LogP) is 2.96. The van der Waals surface area contributed by atoms with E-state index in [1.54, 1.807) is 12.1 Å². The minimum absolute atomic E-state index is 0.232. The van der Waals surface area contributed by atoms with E-state index in [0.29, 0.717) is 11.3 Å². The molecule has 96 valence electrons. The van der Waals surface area contributed by atoms with Gasteiger partial charge in [0.05, 0.1) is 6.04 Å². The summed E-state index contributed by atoms with van der Waals surface area (Å²) in [5, 5.41) is 0.232. The van der Waals surface area contributed by atoms with Gasteiger partial charge in [0.15, 0.2) is 5.22 Å². The van der Waals surface area contributed by atoms with Crippen LogP contribution in [-0.2, 0) is 6.42 Å². The quantitative estimate of drug-likeness (QED) is 0.665. The molecule has 3 N–H and O–H groups in total. The molecular weight excluding hydrogens is 262 g/mol. The van der Waals surface area contributed by atoms with Gasteiger partial charge in [-0.05, 0) is 47.9 Å². The summed E-state index contributed by atoms with van der Waals surface area (Å²) >= 11 is 5.66. The Labute approximate surface area is 108 Å². The first kappa shape index (κ1) is 13.0. The lowest BCUT2D eigenvalue weighted by Crippen LogP contribution is -2.29. The maximum Gasteiger partial charge on any atom is 0.193 e. The Balaban J connectivity index is 2.20. The minimum Gasteiger partial charge on any atom is -0.448 e. The van der Waals surface area contributed by atoms with E-state index in [2.05, 4.69) is 5.43 Å². The van der Waals surface area contributed by atoms with Gasteiger partial charge in [0.1, 0.15) is 17.4 Å². The van der Waals surface area contributed by atoms with E-state index in [1.807, 2.05) is 0 Å². The Kier molecular flexibility index (Phi) is 3.96. The number of benzene rings is 1. The molecule has 0 aliphatic heterocycles. The fourth-order valence-electron chi connectivity index (χ4n) is 1.72. The molecule has 18 heavy (non-hydrogen) atoms. The van der Waals surface area contributed by atoms with E-state index in [4.69, 9.17) is 21.9 Å². The second-order valence-corrected chi connectivity index (χ2v) is 4.22. The highest BCUT2D eigenvalue weighted by Crippen LogP contribution is 2.23. The number of nitrogens with two attached hydrogens (primary N) is 1. The number of hydrogen-bond acceptors (Lipinski definition) is 3. The van der Waals surface area contributed by atoms with Crippen molar-refractivity contribution in [3.8, 4) is 0 Å². The highest BCUT2D eigenvalue weighted by molar-refractivity contribution is 6.28.